The molecule has 24 heavy (non-hydrogen) atoms. The highest BCUT2D eigenvalue weighted by atomic mass is 19.1. The molecule has 1 amide bonds. The van der Waals surface area contributed by atoms with Crippen molar-refractivity contribution < 1.29 is 9.18 Å². The molecule has 4 heteroatoms. The second kappa shape index (κ2) is 6.09. The van der Waals surface area contributed by atoms with Gasteiger partial charge < -0.3 is 4.90 Å². The van der Waals surface area contributed by atoms with Gasteiger partial charge in [0.05, 0.1) is 11.6 Å². The highest BCUT2D eigenvalue weighted by Gasteiger charge is 2.43. The van der Waals surface area contributed by atoms with Crippen LogP contribution in [0.5, 0.6) is 0 Å². The molecule has 1 aromatic heterocycles. The van der Waals surface area contributed by atoms with Crippen molar-refractivity contribution in [2.75, 3.05) is 7.05 Å². The fourth-order valence-electron chi connectivity index (χ4n) is 2.88. The minimum absolute atomic E-state index is 0.103. The van der Waals surface area contributed by atoms with Crippen LogP contribution < -0.4 is 0 Å². The Morgan fingerprint density at radius 1 is 1.21 bits per heavy atom. The summed E-state index contributed by atoms with van der Waals surface area (Å²) in [4.78, 5) is 18.6. The van der Waals surface area contributed by atoms with Crippen LogP contribution in [-0.4, -0.2) is 28.4 Å². The number of pyridine rings is 1. The van der Waals surface area contributed by atoms with E-state index in [1.165, 1.54) is 12.1 Å². The quantitative estimate of drug-likeness (QED) is 0.755. The third-order valence-electron chi connectivity index (χ3n) is 4.56. The summed E-state index contributed by atoms with van der Waals surface area (Å²) in [6.07, 6.45) is 2.42. The third-order valence-corrected chi connectivity index (χ3v) is 4.56. The van der Waals surface area contributed by atoms with E-state index in [-0.39, 0.29) is 23.2 Å². The van der Waals surface area contributed by atoms with Gasteiger partial charge in [0.1, 0.15) is 5.82 Å². The highest BCUT2D eigenvalue weighted by molar-refractivity contribution is 5.86. The van der Waals surface area contributed by atoms with Crippen LogP contribution in [-0.2, 0) is 4.79 Å². The minimum atomic E-state index is -0.304. The summed E-state index contributed by atoms with van der Waals surface area (Å²) in [5.41, 5.74) is 1.97. The fourth-order valence-corrected chi connectivity index (χ4v) is 2.88. The summed E-state index contributed by atoms with van der Waals surface area (Å²) in [6.45, 7) is 4.12. The number of nitrogens with zero attached hydrogens (tertiary/aromatic N) is 2. The topological polar surface area (TPSA) is 33.2 Å². The zero-order chi connectivity index (χ0) is 17.3. The zero-order valence-electron chi connectivity index (χ0n) is 14.0. The van der Waals surface area contributed by atoms with E-state index in [2.05, 4.69) is 30.7 Å². The Labute approximate surface area is 141 Å². The smallest absolute Gasteiger partial charge is 0.231 e. The van der Waals surface area contributed by atoms with Gasteiger partial charge in [-0.2, -0.15) is 0 Å². The molecule has 1 saturated heterocycles. The normalized spacial score (nSPS) is 19.1. The van der Waals surface area contributed by atoms with Crippen LogP contribution in [0.25, 0.3) is 0 Å². The lowest BCUT2D eigenvalue weighted by Gasteiger charge is -2.26. The molecule has 0 unspecified atom stereocenters. The van der Waals surface area contributed by atoms with Crippen LogP contribution in [0.15, 0.2) is 42.6 Å². The van der Waals surface area contributed by atoms with E-state index in [9.17, 15) is 9.18 Å². The zero-order valence-corrected chi connectivity index (χ0v) is 14.0. The van der Waals surface area contributed by atoms with E-state index in [1.807, 2.05) is 19.2 Å². The van der Waals surface area contributed by atoms with Gasteiger partial charge >= 0.3 is 0 Å². The first-order valence-electron chi connectivity index (χ1n) is 7.88. The van der Waals surface area contributed by atoms with Crippen LogP contribution in [0, 0.1) is 17.7 Å². The van der Waals surface area contributed by atoms with Gasteiger partial charge in [-0.1, -0.05) is 17.9 Å². The number of halogens is 1. The van der Waals surface area contributed by atoms with Gasteiger partial charge in [0.15, 0.2) is 0 Å². The van der Waals surface area contributed by atoms with Crippen molar-refractivity contribution in [3.05, 3.63) is 65.2 Å². The summed E-state index contributed by atoms with van der Waals surface area (Å²) in [5.74, 6) is 5.48. The van der Waals surface area contributed by atoms with Gasteiger partial charge in [0, 0.05) is 29.9 Å². The lowest BCUT2D eigenvalue weighted by molar-refractivity contribution is -0.130. The first-order chi connectivity index (χ1) is 11.4. The Hall–Kier alpha value is -2.67. The van der Waals surface area contributed by atoms with Crippen LogP contribution >= 0.6 is 0 Å². The van der Waals surface area contributed by atoms with Crippen LogP contribution in [0.4, 0.5) is 4.39 Å². The largest absolute Gasteiger partial charge is 0.340 e. The molecule has 2 aromatic rings. The van der Waals surface area contributed by atoms with Crippen LogP contribution in [0.1, 0.15) is 43.0 Å². The van der Waals surface area contributed by atoms with Crippen molar-refractivity contribution in [2.45, 2.75) is 31.7 Å². The van der Waals surface area contributed by atoms with Gasteiger partial charge in [0.2, 0.25) is 5.91 Å². The fraction of sp³-hybridized carbons (Fsp3) is 0.300. The van der Waals surface area contributed by atoms with Crippen molar-refractivity contribution in [3.63, 3.8) is 0 Å². The SMILES string of the molecule is CN1C(=O)[C@H](c2ccc(C#Cc3cccc(F)c3)cn2)CC1(C)C. The van der Waals surface area contributed by atoms with E-state index >= 15 is 0 Å². The van der Waals surface area contributed by atoms with Crippen molar-refractivity contribution in [3.8, 4) is 11.8 Å². The van der Waals surface area contributed by atoms with Crippen molar-refractivity contribution in [1.29, 1.82) is 0 Å². The standard InChI is InChI=1S/C20H19FN2O/c1-20(2)12-17(19(24)23(20)3)18-10-9-15(13-22-18)8-7-14-5-4-6-16(21)11-14/h4-6,9-11,13,17H,12H2,1-3H3/t17-/m0/s1. The molecular weight excluding hydrogens is 303 g/mol. The first kappa shape index (κ1) is 16.2. The van der Waals surface area contributed by atoms with Gasteiger partial charge in [0.25, 0.3) is 0 Å². The van der Waals surface area contributed by atoms with Gasteiger partial charge in [-0.3, -0.25) is 9.78 Å². The molecule has 1 aliphatic heterocycles. The second-order valence-corrected chi connectivity index (χ2v) is 6.70. The highest BCUT2D eigenvalue weighted by Crippen LogP contribution is 2.37. The number of amides is 1. The predicted molar refractivity (Wildman–Crippen MR) is 90.8 cm³/mol. The third kappa shape index (κ3) is 3.16. The second-order valence-electron chi connectivity index (χ2n) is 6.70. The minimum Gasteiger partial charge on any atom is -0.340 e. The van der Waals surface area contributed by atoms with Crippen LogP contribution in [0.2, 0.25) is 0 Å². The summed E-state index contributed by atoms with van der Waals surface area (Å²) >= 11 is 0. The number of hydrogen-bond acceptors (Lipinski definition) is 2. The average molecular weight is 322 g/mol. The molecule has 0 N–H and O–H groups in total. The van der Waals surface area contributed by atoms with E-state index < -0.39 is 0 Å². The van der Waals surface area contributed by atoms with E-state index in [0.29, 0.717) is 5.56 Å². The molecule has 0 bridgehead atoms. The molecule has 0 spiro atoms. The Bertz CT molecular complexity index is 831. The molecule has 0 radical (unpaired) electrons. The monoisotopic (exact) mass is 322 g/mol. The number of hydrogen-bond donors (Lipinski definition) is 0. The summed E-state index contributed by atoms with van der Waals surface area (Å²) in [7, 11) is 1.83. The average Bonchev–Trinajstić information content (AvgIpc) is 2.77. The molecule has 0 aliphatic carbocycles. The molecule has 0 saturated carbocycles. The number of benzene rings is 1. The summed E-state index contributed by atoms with van der Waals surface area (Å²) in [6, 6.07) is 9.88. The van der Waals surface area contributed by atoms with Crippen molar-refractivity contribution in [2.24, 2.45) is 0 Å². The Kier molecular flexibility index (Phi) is 4.11. The molecule has 1 aromatic carbocycles. The lowest BCUT2D eigenvalue weighted by Crippen LogP contribution is -2.37. The number of carbonyl (C=O) groups is 1. The van der Waals surface area contributed by atoms with E-state index in [1.54, 1.807) is 23.2 Å². The molecule has 1 fully saturated rings. The number of carbonyl (C=O) groups excluding carboxylic acids is 1. The molecule has 3 rings (SSSR count). The first-order valence-corrected chi connectivity index (χ1v) is 7.88. The number of aromatic nitrogens is 1. The van der Waals surface area contributed by atoms with Crippen molar-refractivity contribution >= 4 is 5.91 Å². The molecule has 3 nitrogen and oxygen atoms in total. The Balaban J connectivity index is 1.79. The van der Waals surface area contributed by atoms with E-state index in [0.717, 1.165) is 17.7 Å². The van der Waals surface area contributed by atoms with Gasteiger partial charge in [-0.15, -0.1) is 0 Å². The summed E-state index contributed by atoms with van der Waals surface area (Å²) in [5, 5.41) is 0. The lowest BCUT2D eigenvalue weighted by atomic mass is 9.93. The maximum atomic E-state index is 13.1. The Morgan fingerprint density at radius 3 is 2.54 bits per heavy atom. The number of likely N-dealkylation sites (tertiary alicyclic amines) is 1. The maximum Gasteiger partial charge on any atom is 0.231 e. The van der Waals surface area contributed by atoms with Gasteiger partial charge in [-0.25, -0.2) is 4.39 Å². The molecule has 1 aliphatic rings. The molecule has 122 valence electrons. The Morgan fingerprint density at radius 2 is 1.96 bits per heavy atom. The molecule has 2 heterocycles. The predicted octanol–water partition coefficient (Wildman–Crippen LogP) is 3.34. The van der Waals surface area contributed by atoms with E-state index in [4.69, 9.17) is 0 Å². The number of likely N-dealkylation sites (N-methyl/N-ethyl adjacent to an activating group) is 1. The summed E-state index contributed by atoms with van der Waals surface area (Å²) < 4.78 is 13.1. The van der Waals surface area contributed by atoms with Gasteiger partial charge in [-0.05, 0) is 50.6 Å². The number of rotatable bonds is 1. The maximum absolute atomic E-state index is 13.1. The van der Waals surface area contributed by atoms with Crippen LogP contribution in [0.3, 0.4) is 0 Å². The molecule has 1 atom stereocenters. The van der Waals surface area contributed by atoms with Crippen molar-refractivity contribution in [1.82, 2.24) is 9.88 Å². The molecular formula is C20H19FN2O.